The number of aromatic amines is 1. The summed E-state index contributed by atoms with van der Waals surface area (Å²) in [5.74, 6) is 1.66. The van der Waals surface area contributed by atoms with Crippen LogP contribution in [0, 0.1) is 0 Å². The van der Waals surface area contributed by atoms with Gasteiger partial charge >= 0.3 is 0 Å². The first kappa shape index (κ1) is 19.2. The largest absolute Gasteiger partial charge is 0.405 e. The van der Waals surface area contributed by atoms with E-state index in [1.54, 1.807) is 12.3 Å². The van der Waals surface area contributed by atoms with E-state index < -0.39 is 0 Å². The normalized spacial score (nSPS) is 17.0. The van der Waals surface area contributed by atoms with Gasteiger partial charge in [-0.05, 0) is 30.5 Å². The molecule has 8 heteroatoms. The summed E-state index contributed by atoms with van der Waals surface area (Å²) in [6, 6.07) is 10.4. The number of benzene rings is 1. The molecule has 0 atom stereocenters. The second-order valence-corrected chi connectivity index (χ2v) is 7.65. The summed E-state index contributed by atoms with van der Waals surface area (Å²) in [6.07, 6.45) is 8.14. The van der Waals surface area contributed by atoms with Gasteiger partial charge in [0.1, 0.15) is 5.82 Å². The van der Waals surface area contributed by atoms with Gasteiger partial charge in [0.15, 0.2) is 5.65 Å². The van der Waals surface area contributed by atoms with Crippen molar-refractivity contribution in [1.29, 1.82) is 0 Å². The van der Waals surface area contributed by atoms with Crippen LogP contribution in [0.3, 0.4) is 0 Å². The van der Waals surface area contributed by atoms with Crippen LogP contribution in [-0.4, -0.2) is 57.8 Å². The molecular weight excluding hydrogens is 388 g/mol. The van der Waals surface area contributed by atoms with Crippen molar-refractivity contribution in [3.8, 4) is 0 Å². The number of nitrogens with zero attached hydrogens (tertiary/aromatic N) is 6. The number of aromatic nitrogens is 4. The Kier molecular flexibility index (Phi) is 5.03. The van der Waals surface area contributed by atoms with Gasteiger partial charge in [-0.15, -0.1) is 0 Å². The summed E-state index contributed by atoms with van der Waals surface area (Å²) in [4.78, 5) is 16.6. The van der Waals surface area contributed by atoms with Gasteiger partial charge in [-0.1, -0.05) is 30.9 Å². The molecule has 2 aliphatic rings. The molecule has 2 aliphatic heterocycles. The van der Waals surface area contributed by atoms with Crippen molar-refractivity contribution in [2.45, 2.75) is 6.42 Å². The lowest BCUT2D eigenvalue weighted by atomic mass is 10.1. The number of piperazine rings is 1. The maximum atomic E-state index is 5.61. The lowest BCUT2D eigenvalue weighted by Gasteiger charge is -2.37. The number of para-hydroxylation sites is 1. The summed E-state index contributed by atoms with van der Waals surface area (Å²) >= 11 is 0. The van der Waals surface area contributed by atoms with E-state index in [-0.39, 0.29) is 0 Å². The Morgan fingerprint density at radius 2 is 1.87 bits per heavy atom. The maximum Gasteiger partial charge on any atom is 0.229 e. The third kappa shape index (κ3) is 3.50. The van der Waals surface area contributed by atoms with E-state index in [1.807, 2.05) is 18.2 Å². The number of hydrogen-bond acceptors (Lipinski definition) is 7. The van der Waals surface area contributed by atoms with Gasteiger partial charge in [0.05, 0.1) is 11.1 Å². The molecule has 8 nitrogen and oxygen atoms in total. The lowest BCUT2D eigenvalue weighted by Crippen LogP contribution is -2.46. The first-order chi connectivity index (χ1) is 15.3. The molecule has 3 aromatic rings. The number of allylic oxidation sites excluding steroid dienone is 3. The van der Waals surface area contributed by atoms with E-state index in [4.69, 9.17) is 15.7 Å². The van der Waals surface area contributed by atoms with Crippen molar-refractivity contribution >= 4 is 28.5 Å². The van der Waals surface area contributed by atoms with Gasteiger partial charge in [-0.25, -0.2) is 0 Å². The van der Waals surface area contributed by atoms with Crippen LogP contribution in [0.2, 0.25) is 0 Å². The Morgan fingerprint density at radius 3 is 2.61 bits per heavy atom. The van der Waals surface area contributed by atoms with Crippen molar-refractivity contribution in [2.75, 3.05) is 42.5 Å². The summed E-state index contributed by atoms with van der Waals surface area (Å²) in [5.41, 5.74) is 9.66. The Labute approximate surface area is 181 Å². The van der Waals surface area contributed by atoms with Gasteiger partial charge < -0.3 is 20.4 Å². The Balaban J connectivity index is 1.45. The molecule has 158 valence electrons. The minimum absolute atomic E-state index is 0.728. The van der Waals surface area contributed by atoms with Crippen LogP contribution in [0.15, 0.2) is 67.0 Å². The zero-order valence-corrected chi connectivity index (χ0v) is 17.4. The van der Waals surface area contributed by atoms with Gasteiger partial charge in [0, 0.05) is 50.5 Å². The zero-order valence-electron chi connectivity index (χ0n) is 17.4. The van der Waals surface area contributed by atoms with Crippen LogP contribution in [0.5, 0.6) is 0 Å². The summed E-state index contributed by atoms with van der Waals surface area (Å²) < 4.78 is 0. The molecule has 1 saturated heterocycles. The molecular formula is C23H26N8. The number of hydrogen-bond donors (Lipinski definition) is 2. The maximum absolute atomic E-state index is 5.61. The van der Waals surface area contributed by atoms with Crippen LogP contribution in [0.25, 0.3) is 11.0 Å². The highest BCUT2D eigenvalue weighted by Gasteiger charge is 2.28. The highest BCUT2D eigenvalue weighted by molar-refractivity contribution is 5.94. The highest BCUT2D eigenvalue weighted by Crippen LogP contribution is 2.36. The van der Waals surface area contributed by atoms with E-state index in [2.05, 4.69) is 55.7 Å². The quantitative estimate of drug-likeness (QED) is 0.621. The fourth-order valence-corrected chi connectivity index (χ4v) is 4.31. The van der Waals surface area contributed by atoms with Crippen LogP contribution in [-0.2, 0) is 6.42 Å². The van der Waals surface area contributed by atoms with Crippen LogP contribution in [0.1, 0.15) is 5.69 Å². The summed E-state index contributed by atoms with van der Waals surface area (Å²) in [5, 5.41) is 8.68. The Hall–Kier alpha value is -3.81. The third-order valence-electron chi connectivity index (χ3n) is 5.85. The van der Waals surface area contributed by atoms with Crippen LogP contribution in [0.4, 0.5) is 17.5 Å². The van der Waals surface area contributed by atoms with E-state index in [9.17, 15) is 0 Å². The average molecular weight is 415 g/mol. The summed E-state index contributed by atoms with van der Waals surface area (Å²) in [7, 11) is 0. The van der Waals surface area contributed by atoms with E-state index in [0.29, 0.717) is 0 Å². The molecule has 0 amide bonds. The molecule has 0 radical (unpaired) electrons. The Morgan fingerprint density at radius 1 is 1.06 bits per heavy atom. The van der Waals surface area contributed by atoms with Gasteiger partial charge in [0.25, 0.3) is 0 Å². The minimum Gasteiger partial charge on any atom is -0.405 e. The predicted molar refractivity (Wildman–Crippen MR) is 124 cm³/mol. The number of nitrogens with one attached hydrogen (secondary N) is 1. The van der Waals surface area contributed by atoms with Crippen molar-refractivity contribution < 1.29 is 0 Å². The fourth-order valence-electron chi connectivity index (χ4n) is 4.31. The molecule has 3 N–H and O–H groups in total. The number of H-pyrrole nitrogens is 1. The molecule has 1 fully saturated rings. The standard InChI is InChI=1S/C23H26N8/c1-2-6-17(9-11-24)29-13-15-30(16-14-29)23-25-21-20-19(27-28-21)10-12-31(22(20)26-23)18-7-4-3-5-8-18/h2-9,11H,1,10,12-16,24H2,(H,25,26,27,28)/b11-9-,17-6+. The monoisotopic (exact) mass is 414 g/mol. The highest BCUT2D eigenvalue weighted by atomic mass is 15.4. The smallest absolute Gasteiger partial charge is 0.229 e. The second-order valence-electron chi connectivity index (χ2n) is 7.65. The van der Waals surface area contributed by atoms with Gasteiger partial charge in [-0.2, -0.15) is 15.1 Å². The number of nitrogens with two attached hydrogens (primary N) is 1. The van der Waals surface area contributed by atoms with Crippen molar-refractivity contribution in [3.63, 3.8) is 0 Å². The fraction of sp³-hybridized carbons (Fsp3) is 0.261. The molecule has 1 aromatic carbocycles. The molecule has 0 unspecified atom stereocenters. The molecule has 0 bridgehead atoms. The zero-order chi connectivity index (χ0) is 21.2. The van der Waals surface area contributed by atoms with Gasteiger partial charge in [-0.3, -0.25) is 5.10 Å². The SMILES string of the molecule is C=C/C=C(\C=C/N)N1CCN(c2nc3c4c([nH]nc4n2)CCN3c2ccccc2)CC1. The second kappa shape index (κ2) is 8.14. The molecule has 0 saturated carbocycles. The van der Waals surface area contributed by atoms with Crippen LogP contribution >= 0.6 is 0 Å². The van der Waals surface area contributed by atoms with Crippen molar-refractivity contribution in [2.24, 2.45) is 5.73 Å². The number of rotatable bonds is 5. The molecule has 0 spiro atoms. The third-order valence-corrected chi connectivity index (χ3v) is 5.85. The Bertz CT molecular complexity index is 1140. The van der Waals surface area contributed by atoms with E-state index in [0.717, 1.165) is 79.0 Å². The van der Waals surface area contributed by atoms with Crippen molar-refractivity contribution in [3.05, 3.63) is 72.7 Å². The topological polar surface area (TPSA) is 90.2 Å². The van der Waals surface area contributed by atoms with Crippen LogP contribution < -0.4 is 15.5 Å². The van der Waals surface area contributed by atoms with E-state index in [1.165, 1.54) is 0 Å². The van der Waals surface area contributed by atoms with Crippen molar-refractivity contribution in [1.82, 2.24) is 25.1 Å². The first-order valence-electron chi connectivity index (χ1n) is 10.6. The average Bonchev–Trinajstić information content (AvgIpc) is 3.24. The molecule has 5 rings (SSSR count). The summed E-state index contributed by atoms with van der Waals surface area (Å²) in [6.45, 7) is 8.02. The minimum atomic E-state index is 0.728. The molecule has 31 heavy (non-hydrogen) atoms. The molecule has 4 heterocycles. The first-order valence-corrected chi connectivity index (χ1v) is 10.6. The van der Waals surface area contributed by atoms with E-state index >= 15 is 0 Å². The number of anilines is 3. The predicted octanol–water partition coefficient (Wildman–Crippen LogP) is 2.71. The van der Waals surface area contributed by atoms with Gasteiger partial charge in [0.2, 0.25) is 5.95 Å². The molecule has 0 aliphatic carbocycles. The molecule has 2 aromatic heterocycles. The lowest BCUT2D eigenvalue weighted by molar-refractivity contribution is 0.328.